The van der Waals surface area contributed by atoms with Gasteiger partial charge >= 0.3 is 0 Å². The molecule has 0 fully saturated rings. The van der Waals surface area contributed by atoms with Crippen molar-refractivity contribution < 1.29 is 13.2 Å². The molecule has 0 unspecified atom stereocenters. The molecule has 102 valence electrons. The van der Waals surface area contributed by atoms with E-state index in [2.05, 4.69) is 10.0 Å². The number of rotatable bonds is 6. The summed E-state index contributed by atoms with van der Waals surface area (Å²) in [4.78, 5) is 11.2. The summed E-state index contributed by atoms with van der Waals surface area (Å²) in [5.41, 5.74) is 0. The molecule has 1 aromatic rings. The van der Waals surface area contributed by atoms with E-state index in [0.29, 0.717) is 5.02 Å². The van der Waals surface area contributed by atoms with Crippen LogP contribution in [-0.4, -0.2) is 27.4 Å². The van der Waals surface area contributed by atoms with Crippen molar-refractivity contribution in [1.29, 1.82) is 5.26 Å². The standard InChI is InChI=1S/C11H12ClN3O3S/c12-9-1-3-10(4-2-9)19(17,18)15-7-5-11(16)14-8-6-13/h1-4,15H,5,7-8H2,(H,14,16). The molecule has 0 aliphatic heterocycles. The molecule has 1 rings (SSSR count). The van der Waals surface area contributed by atoms with E-state index < -0.39 is 10.0 Å². The second-order valence-electron chi connectivity index (χ2n) is 3.54. The van der Waals surface area contributed by atoms with Crippen LogP contribution >= 0.6 is 11.6 Å². The fourth-order valence-corrected chi connectivity index (χ4v) is 2.38. The zero-order chi connectivity index (χ0) is 14.3. The molecule has 8 heteroatoms. The lowest BCUT2D eigenvalue weighted by Gasteiger charge is -2.06. The van der Waals surface area contributed by atoms with Crippen molar-refractivity contribution in [2.75, 3.05) is 13.1 Å². The predicted molar refractivity (Wildman–Crippen MR) is 69.9 cm³/mol. The molecule has 0 heterocycles. The number of carbonyl (C=O) groups excluding carboxylic acids is 1. The van der Waals surface area contributed by atoms with E-state index >= 15 is 0 Å². The SMILES string of the molecule is N#CCNC(=O)CCNS(=O)(=O)c1ccc(Cl)cc1. The molecule has 1 amide bonds. The van der Waals surface area contributed by atoms with Crippen LogP contribution in [0.5, 0.6) is 0 Å². The van der Waals surface area contributed by atoms with Gasteiger partial charge in [-0.25, -0.2) is 13.1 Å². The number of nitriles is 1. The lowest BCUT2D eigenvalue weighted by Crippen LogP contribution is -2.30. The number of amides is 1. The van der Waals surface area contributed by atoms with Crippen LogP contribution in [0, 0.1) is 11.3 Å². The largest absolute Gasteiger partial charge is 0.343 e. The number of hydrogen-bond donors (Lipinski definition) is 2. The van der Waals surface area contributed by atoms with Gasteiger partial charge in [-0.3, -0.25) is 4.79 Å². The van der Waals surface area contributed by atoms with E-state index in [9.17, 15) is 13.2 Å². The molecule has 0 aromatic heterocycles. The third-order valence-electron chi connectivity index (χ3n) is 2.13. The van der Waals surface area contributed by atoms with Gasteiger partial charge in [-0.15, -0.1) is 0 Å². The zero-order valence-electron chi connectivity index (χ0n) is 9.89. The number of nitrogens with one attached hydrogen (secondary N) is 2. The van der Waals surface area contributed by atoms with Crippen LogP contribution in [0.1, 0.15) is 6.42 Å². The summed E-state index contributed by atoms with van der Waals surface area (Å²) in [5, 5.41) is 11.0. The molecule has 2 N–H and O–H groups in total. The van der Waals surface area contributed by atoms with E-state index in [1.54, 1.807) is 6.07 Å². The highest BCUT2D eigenvalue weighted by Crippen LogP contribution is 2.13. The minimum atomic E-state index is -3.65. The van der Waals surface area contributed by atoms with Gasteiger partial charge in [0.25, 0.3) is 0 Å². The van der Waals surface area contributed by atoms with Gasteiger partial charge in [-0.05, 0) is 24.3 Å². The Morgan fingerprint density at radius 2 is 1.95 bits per heavy atom. The van der Waals surface area contributed by atoms with Gasteiger partial charge in [0, 0.05) is 18.0 Å². The van der Waals surface area contributed by atoms with Gasteiger partial charge in [-0.1, -0.05) is 11.6 Å². The smallest absolute Gasteiger partial charge is 0.240 e. The van der Waals surface area contributed by atoms with Crippen molar-refractivity contribution in [3.05, 3.63) is 29.3 Å². The van der Waals surface area contributed by atoms with E-state index in [0.717, 1.165) is 0 Å². The molecule has 0 radical (unpaired) electrons. The number of nitrogens with zero attached hydrogens (tertiary/aromatic N) is 1. The molecule has 0 aliphatic rings. The number of halogens is 1. The minimum absolute atomic E-state index is 0.0332. The first-order chi connectivity index (χ1) is 8.95. The van der Waals surface area contributed by atoms with Crippen LogP contribution in [0.4, 0.5) is 0 Å². The number of benzene rings is 1. The van der Waals surface area contributed by atoms with Gasteiger partial charge in [0.2, 0.25) is 15.9 Å². The Morgan fingerprint density at radius 1 is 1.32 bits per heavy atom. The molecule has 0 atom stereocenters. The van der Waals surface area contributed by atoms with E-state index in [-0.39, 0.29) is 30.3 Å². The van der Waals surface area contributed by atoms with Crippen LogP contribution in [0.2, 0.25) is 5.02 Å². The average Bonchev–Trinajstić information content (AvgIpc) is 2.36. The monoisotopic (exact) mass is 301 g/mol. The summed E-state index contributed by atoms with van der Waals surface area (Å²) in [6.45, 7) is -0.134. The van der Waals surface area contributed by atoms with Crippen molar-refractivity contribution in [3.63, 3.8) is 0 Å². The summed E-state index contributed by atoms with van der Waals surface area (Å²) < 4.78 is 25.9. The third kappa shape index (κ3) is 5.26. The number of sulfonamides is 1. The summed E-state index contributed by atoms with van der Waals surface area (Å²) >= 11 is 5.66. The first kappa shape index (κ1) is 15.4. The normalized spacial score (nSPS) is 10.7. The van der Waals surface area contributed by atoms with Gasteiger partial charge < -0.3 is 5.32 Å². The first-order valence-corrected chi connectivity index (χ1v) is 7.21. The summed E-state index contributed by atoms with van der Waals surface area (Å²) in [6.07, 6.45) is -0.0332. The number of hydrogen-bond acceptors (Lipinski definition) is 4. The molecule has 0 saturated carbocycles. The highest BCUT2D eigenvalue weighted by atomic mass is 35.5. The maximum atomic E-state index is 11.8. The maximum absolute atomic E-state index is 11.8. The van der Waals surface area contributed by atoms with Crippen molar-refractivity contribution in [3.8, 4) is 6.07 Å². The Morgan fingerprint density at radius 3 is 2.53 bits per heavy atom. The van der Waals surface area contributed by atoms with Gasteiger partial charge in [0.15, 0.2) is 0 Å². The second-order valence-corrected chi connectivity index (χ2v) is 5.74. The van der Waals surface area contributed by atoms with Crippen molar-refractivity contribution >= 4 is 27.5 Å². The highest BCUT2D eigenvalue weighted by Gasteiger charge is 2.13. The summed E-state index contributed by atoms with van der Waals surface area (Å²) in [5.74, 6) is -0.389. The number of carbonyl (C=O) groups is 1. The second kappa shape index (κ2) is 7.09. The molecule has 0 bridgehead atoms. The van der Waals surface area contributed by atoms with Crippen molar-refractivity contribution in [2.24, 2.45) is 0 Å². The Bertz CT molecular complexity index is 578. The van der Waals surface area contributed by atoms with Crippen LogP contribution in [0.25, 0.3) is 0 Å². The Balaban J connectivity index is 2.50. The molecule has 19 heavy (non-hydrogen) atoms. The molecular weight excluding hydrogens is 290 g/mol. The fourth-order valence-electron chi connectivity index (χ4n) is 1.22. The van der Waals surface area contributed by atoms with Crippen LogP contribution in [-0.2, 0) is 14.8 Å². The van der Waals surface area contributed by atoms with E-state index in [1.807, 2.05) is 0 Å². The lowest BCUT2D eigenvalue weighted by molar-refractivity contribution is -0.120. The quantitative estimate of drug-likeness (QED) is 0.753. The van der Waals surface area contributed by atoms with Crippen molar-refractivity contribution in [1.82, 2.24) is 10.0 Å². The summed E-state index contributed by atoms with van der Waals surface area (Å²) in [6, 6.07) is 7.44. The Kier molecular flexibility index (Phi) is 5.76. The molecular formula is C11H12ClN3O3S. The fraction of sp³-hybridized carbons (Fsp3) is 0.273. The maximum Gasteiger partial charge on any atom is 0.240 e. The zero-order valence-corrected chi connectivity index (χ0v) is 11.5. The lowest BCUT2D eigenvalue weighted by atomic mass is 10.4. The molecule has 0 aliphatic carbocycles. The third-order valence-corrected chi connectivity index (χ3v) is 3.86. The van der Waals surface area contributed by atoms with Crippen LogP contribution in [0.3, 0.4) is 0 Å². The van der Waals surface area contributed by atoms with Gasteiger partial charge in [-0.2, -0.15) is 5.26 Å². The minimum Gasteiger partial charge on any atom is -0.343 e. The predicted octanol–water partition coefficient (Wildman–Crippen LogP) is 0.648. The Hall–Kier alpha value is -1.62. The molecule has 6 nitrogen and oxygen atoms in total. The van der Waals surface area contributed by atoms with Crippen LogP contribution in [0.15, 0.2) is 29.2 Å². The Labute approximate surface area is 116 Å². The highest BCUT2D eigenvalue weighted by molar-refractivity contribution is 7.89. The topological polar surface area (TPSA) is 99.1 Å². The van der Waals surface area contributed by atoms with Gasteiger partial charge in [0.05, 0.1) is 11.0 Å². The van der Waals surface area contributed by atoms with E-state index in [1.165, 1.54) is 24.3 Å². The first-order valence-electron chi connectivity index (χ1n) is 5.34. The van der Waals surface area contributed by atoms with Crippen LogP contribution < -0.4 is 10.0 Å². The molecule has 0 spiro atoms. The molecule has 0 saturated heterocycles. The summed E-state index contributed by atoms with van der Waals surface area (Å²) in [7, 11) is -3.65. The average molecular weight is 302 g/mol. The van der Waals surface area contributed by atoms with E-state index in [4.69, 9.17) is 16.9 Å². The molecule has 1 aromatic carbocycles. The van der Waals surface area contributed by atoms with Gasteiger partial charge in [0.1, 0.15) is 6.54 Å². The van der Waals surface area contributed by atoms with Crippen molar-refractivity contribution in [2.45, 2.75) is 11.3 Å².